The summed E-state index contributed by atoms with van der Waals surface area (Å²) in [6.07, 6.45) is -9.76. The van der Waals surface area contributed by atoms with Crippen LogP contribution in [0.2, 0.25) is 0 Å². The number of hydrogen-bond donors (Lipinski definition) is 6. The third-order valence-electron chi connectivity index (χ3n) is 1.56. The van der Waals surface area contributed by atoms with Crippen molar-refractivity contribution >= 4 is 58.7 Å². The Morgan fingerprint density at radius 3 is 0.704 bits per heavy atom. The molecule has 0 aliphatic rings. The van der Waals surface area contributed by atoms with Crippen LogP contribution in [0.3, 0.4) is 0 Å². The first-order valence-corrected chi connectivity index (χ1v) is 6.58. The minimum atomic E-state index is -4.67. The van der Waals surface area contributed by atoms with Crippen molar-refractivity contribution in [3.8, 4) is 0 Å². The Kier molecular flexibility index (Phi) is 25.3. The number of aliphatic hydroxyl groups is 4. The fourth-order valence-electron chi connectivity index (χ4n) is 0.516. The average molecular weight is 555 g/mol. The van der Waals surface area contributed by atoms with E-state index in [9.17, 15) is 39.6 Å². The first-order valence-electron chi connectivity index (χ1n) is 5.19. The van der Waals surface area contributed by atoms with Crippen LogP contribution in [0.5, 0.6) is 0 Å². The number of carboxylic acid groups (broad SMARTS) is 4. The molecule has 0 aliphatic heterocycles. The van der Waals surface area contributed by atoms with E-state index in [4.69, 9.17) is 37.9 Å². The molecule has 0 aromatic rings. The molecule has 0 rings (SSSR count). The second-order valence-corrected chi connectivity index (χ2v) is 4.40. The number of aliphatic hydroxyl groups excluding tert-OH is 4. The van der Waals surface area contributed by atoms with Crippen LogP contribution in [0, 0.1) is 0 Å². The maximum absolute atomic E-state index is 9.63. The predicted octanol–water partition coefficient (Wildman–Crippen LogP) is -13.6. The zero-order chi connectivity index (χ0) is 21.1. The van der Waals surface area contributed by atoms with E-state index in [1.807, 2.05) is 0 Å². The van der Waals surface area contributed by atoms with Crippen molar-refractivity contribution in [2.24, 2.45) is 0 Å². The Morgan fingerprint density at radius 2 is 0.667 bits per heavy atom. The standard InChI is InChI=1S/2C4H6O6.K.H2O4S.Sb/c2*5-1(3(7)8)2(6)4(9)10;;1-5(2,3)4;/h2*1-2,5-6H,(H,7,8)(H,9,10);;(H2,1,2,3,4);/q;;+1;;+3/p-4. The molecule has 0 aromatic heterocycles. The van der Waals surface area contributed by atoms with Gasteiger partial charge in [0.15, 0.2) is 0 Å². The van der Waals surface area contributed by atoms with Gasteiger partial charge in [0.1, 0.15) is 24.4 Å². The van der Waals surface area contributed by atoms with Gasteiger partial charge in [-0.2, -0.15) is 8.42 Å². The van der Waals surface area contributed by atoms with E-state index in [1.54, 1.807) is 0 Å². The third-order valence-corrected chi connectivity index (χ3v) is 1.56. The van der Waals surface area contributed by atoms with Gasteiger partial charge in [-0.25, -0.2) is 0 Å². The van der Waals surface area contributed by atoms with Gasteiger partial charge in [-0.05, 0) is 0 Å². The first kappa shape index (κ1) is 37.7. The molecule has 0 bridgehead atoms. The summed E-state index contributed by atoms with van der Waals surface area (Å²) < 4.78 is 31.6. The zero-order valence-corrected chi connectivity index (χ0v) is 19.4. The van der Waals surface area contributed by atoms with Crippen molar-refractivity contribution in [2.45, 2.75) is 24.4 Å². The van der Waals surface area contributed by atoms with Crippen molar-refractivity contribution in [1.82, 2.24) is 0 Å². The number of aliphatic carboxylic acids is 4. The summed E-state index contributed by atoms with van der Waals surface area (Å²) in [6.45, 7) is 0. The van der Waals surface area contributed by atoms with Crippen LogP contribution in [0.15, 0.2) is 0 Å². The Labute approximate surface area is 209 Å². The number of carbonyl (C=O) groups excluding carboxylic acids is 4. The third kappa shape index (κ3) is 26.0. The molecule has 0 saturated carbocycles. The molecule has 19 heteroatoms. The topological polar surface area (TPSA) is 316 Å². The van der Waals surface area contributed by atoms with Gasteiger partial charge in [0.05, 0.1) is 23.9 Å². The molecule has 4 unspecified atom stereocenters. The monoisotopic (exact) mass is 554 g/mol. The quantitative estimate of drug-likeness (QED) is 0.131. The molecule has 0 saturated heterocycles. The Hall–Kier alpha value is 0.0445. The van der Waals surface area contributed by atoms with Crippen LogP contribution < -0.4 is 71.8 Å². The number of carboxylic acids is 4. The maximum Gasteiger partial charge on any atom is 3.00 e. The molecule has 0 aromatic carbocycles. The van der Waals surface area contributed by atoms with Gasteiger partial charge < -0.3 is 60.0 Å². The second kappa shape index (κ2) is 18.1. The summed E-state index contributed by atoms with van der Waals surface area (Å²) in [4.78, 5) is 38.5. The van der Waals surface area contributed by atoms with E-state index in [2.05, 4.69) is 0 Å². The molecular weight excluding hydrogens is 545 g/mol. The molecule has 0 aliphatic carbocycles. The van der Waals surface area contributed by atoms with Crippen LogP contribution in [0.4, 0.5) is 0 Å². The van der Waals surface area contributed by atoms with Crippen molar-refractivity contribution in [3.05, 3.63) is 0 Å². The zero-order valence-electron chi connectivity index (χ0n) is 12.9. The van der Waals surface area contributed by atoms with Crippen LogP contribution in [0.25, 0.3) is 0 Å². The van der Waals surface area contributed by atoms with E-state index in [0.717, 1.165) is 0 Å². The van der Waals surface area contributed by atoms with Crippen molar-refractivity contribution in [2.75, 3.05) is 0 Å². The van der Waals surface area contributed by atoms with E-state index < -0.39 is 58.7 Å². The van der Waals surface area contributed by atoms with Crippen molar-refractivity contribution in [1.29, 1.82) is 0 Å². The Morgan fingerprint density at radius 1 is 0.593 bits per heavy atom. The molecule has 4 atom stereocenters. The van der Waals surface area contributed by atoms with Gasteiger partial charge in [0, 0.05) is 0 Å². The van der Waals surface area contributed by atoms with E-state index in [0.29, 0.717) is 0 Å². The molecule has 0 fully saturated rings. The number of hydrogen-bond acceptors (Lipinski definition) is 14. The van der Waals surface area contributed by atoms with Crippen molar-refractivity contribution in [3.63, 3.8) is 0 Å². The fourth-order valence-corrected chi connectivity index (χ4v) is 0.516. The average Bonchev–Trinajstić information content (AvgIpc) is 2.42. The normalized spacial score (nSPS) is 13.9. The van der Waals surface area contributed by atoms with Crippen LogP contribution in [0.1, 0.15) is 0 Å². The van der Waals surface area contributed by atoms with Crippen LogP contribution >= 0.6 is 0 Å². The minimum Gasteiger partial charge on any atom is -0.547 e. The van der Waals surface area contributed by atoms with E-state index in [1.165, 1.54) is 0 Å². The van der Waals surface area contributed by atoms with Gasteiger partial charge in [-0.3, -0.25) is 9.11 Å². The van der Waals surface area contributed by atoms with Crippen LogP contribution in [-0.4, -0.2) is 111 Å². The molecule has 6 N–H and O–H groups in total. The SMILES string of the molecule is O=C([O-])C(O)C(O)C(=O)[O-].O=C([O-])C(O)C(O)C(=O)[O-].O=S(=O)(O)O.[K+].[Sb+3]. The molecule has 150 valence electrons. The van der Waals surface area contributed by atoms with Gasteiger partial charge in [-0.1, -0.05) is 0 Å². The molecule has 0 heterocycles. The predicted molar refractivity (Wildman–Crippen MR) is 64.0 cm³/mol. The first-order chi connectivity index (χ1) is 10.9. The summed E-state index contributed by atoms with van der Waals surface area (Å²) in [5, 5.41) is 71.5. The van der Waals surface area contributed by atoms with E-state index >= 15 is 0 Å². The van der Waals surface area contributed by atoms with Gasteiger partial charge in [0.25, 0.3) is 0 Å². The number of carbonyl (C=O) groups is 4. The second-order valence-electron chi connectivity index (χ2n) is 3.50. The minimum absolute atomic E-state index is 0. The summed E-state index contributed by atoms with van der Waals surface area (Å²) in [5.74, 6) is -8.23. The maximum atomic E-state index is 9.63. The smallest absolute Gasteiger partial charge is 0.547 e. The summed E-state index contributed by atoms with van der Waals surface area (Å²) in [6, 6.07) is 0. The molecule has 2 radical (unpaired) electrons. The van der Waals surface area contributed by atoms with E-state index in [-0.39, 0.29) is 75.8 Å². The Balaban J connectivity index is -0.0000000910. The summed E-state index contributed by atoms with van der Waals surface area (Å²) in [7, 11) is -4.67. The molecule has 16 nitrogen and oxygen atoms in total. The molecule has 0 spiro atoms. The largest absolute Gasteiger partial charge is 3.00 e. The van der Waals surface area contributed by atoms with Crippen molar-refractivity contribution < 1.29 is 129 Å². The molecule has 0 amide bonds. The summed E-state index contributed by atoms with van der Waals surface area (Å²) >= 11 is 0. The molecule has 27 heavy (non-hydrogen) atoms. The number of rotatable bonds is 6. The Bertz CT molecular complexity index is 497. The van der Waals surface area contributed by atoms with Gasteiger partial charge in [-0.15, -0.1) is 0 Å². The summed E-state index contributed by atoms with van der Waals surface area (Å²) in [5.41, 5.74) is 0. The van der Waals surface area contributed by atoms with Gasteiger partial charge in [0.2, 0.25) is 0 Å². The van der Waals surface area contributed by atoms with Crippen LogP contribution in [-0.2, 0) is 29.6 Å². The fraction of sp³-hybridized carbons (Fsp3) is 0.500. The molecular formula is C8H10KO16SSb. The van der Waals surface area contributed by atoms with Gasteiger partial charge >= 0.3 is 86.2 Å².